The molecule has 0 unspecified atom stereocenters. The SMILES string of the molecule is COc1cc(C=C(Br)Br)cc(OC)c1OC. The first kappa shape index (κ1) is 13.4. The van der Waals surface area contributed by atoms with Crippen molar-refractivity contribution in [3.05, 3.63) is 21.1 Å². The molecule has 88 valence electrons. The van der Waals surface area contributed by atoms with Gasteiger partial charge in [0.2, 0.25) is 5.75 Å². The molecule has 3 nitrogen and oxygen atoms in total. The Hall–Kier alpha value is -0.680. The maximum atomic E-state index is 5.24. The van der Waals surface area contributed by atoms with Crippen LogP contribution in [0.1, 0.15) is 5.56 Å². The molecule has 0 saturated heterocycles. The minimum Gasteiger partial charge on any atom is -0.493 e. The second kappa shape index (κ2) is 6.15. The number of methoxy groups -OCH3 is 3. The minimum atomic E-state index is 0.591. The summed E-state index contributed by atoms with van der Waals surface area (Å²) in [5.41, 5.74) is 0.943. The minimum absolute atomic E-state index is 0.591. The maximum Gasteiger partial charge on any atom is 0.203 e. The highest BCUT2D eigenvalue weighted by Crippen LogP contribution is 2.39. The number of ether oxygens (including phenoxy) is 3. The van der Waals surface area contributed by atoms with Crippen LogP contribution in [0.4, 0.5) is 0 Å². The summed E-state index contributed by atoms with van der Waals surface area (Å²) in [6.45, 7) is 0. The molecule has 0 aliphatic rings. The number of hydrogen-bond acceptors (Lipinski definition) is 3. The number of rotatable bonds is 4. The van der Waals surface area contributed by atoms with Gasteiger partial charge in [-0.3, -0.25) is 0 Å². The summed E-state index contributed by atoms with van der Waals surface area (Å²) in [5, 5.41) is 0. The second-order valence-corrected chi connectivity index (χ2v) is 5.67. The molecule has 5 heteroatoms. The molecule has 1 aromatic carbocycles. The summed E-state index contributed by atoms with van der Waals surface area (Å²) in [6.07, 6.45) is 1.89. The lowest BCUT2D eigenvalue weighted by molar-refractivity contribution is 0.324. The van der Waals surface area contributed by atoms with Gasteiger partial charge in [-0.05, 0) is 55.6 Å². The van der Waals surface area contributed by atoms with Gasteiger partial charge in [0.05, 0.1) is 24.7 Å². The van der Waals surface area contributed by atoms with Crippen molar-refractivity contribution in [2.75, 3.05) is 21.3 Å². The Balaban J connectivity index is 3.31. The van der Waals surface area contributed by atoms with E-state index in [-0.39, 0.29) is 0 Å². The molecule has 0 saturated carbocycles. The first-order chi connectivity index (χ1) is 7.62. The fourth-order valence-corrected chi connectivity index (χ4v) is 1.84. The first-order valence-electron chi connectivity index (χ1n) is 4.45. The molecule has 0 spiro atoms. The molecule has 16 heavy (non-hydrogen) atoms. The Labute approximate surface area is 112 Å². The van der Waals surface area contributed by atoms with E-state index in [4.69, 9.17) is 14.2 Å². The summed E-state index contributed by atoms with van der Waals surface area (Å²) in [5.74, 6) is 1.86. The van der Waals surface area contributed by atoms with Crippen LogP contribution in [0, 0.1) is 0 Å². The first-order valence-corrected chi connectivity index (χ1v) is 6.03. The van der Waals surface area contributed by atoms with Gasteiger partial charge in [-0.1, -0.05) is 0 Å². The highest BCUT2D eigenvalue weighted by atomic mass is 79.9. The van der Waals surface area contributed by atoms with Gasteiger partial charge in [0.1, 0.15) is 0 Å². The zero-order valence-electron chi connectivity index (χ0n) is 9.21. The van der Waals surface area contributed by atoms with Crippen molar-refractivity contribution in [2.45, 2.75) is 0 Å². The molecular weight excluding hydrogens is 340 g/mol. The van der Waals surface area contributed by atoms with E-state index >= 15 is 0 Å². The maximum absolute atomic E-state index is 5.24. The molecule has 0 aliphatic heterocycles. The average Bonchev–Trinajstić information content (AvgIpc) is 2.26. The Morgan fingerprint density at radius 2 is 1.50 bits per heavy atom. The third-order valence-corrected chi connectivity index (χ3v) is 2.42. The van der Waals surface area contributed by atoms with Crippen LogP contribution in [0.3, 0.4) is 0 Å². The van der Waals surface area contributed by atoms with E-state index in [0.29, 0.717) is 17.2 Å². The van der Waals surface area contributed by atoms with Gasteiger partial charge in [0, 0.05) is 0 Å². The van der Waals surface area contributed by atoms with Crippen LogP contribution in [0.2, 0.25) is 0 Å². The standard InChI is InChI=1S/C11H12Br2O3/c1-14-8-4-7(6-10(12)13)5-9(15-2)11(8)16-3/h4-6H,1-3H3. The van der Waals surface area contributed by atoms with Crippen molar-refractivity contribution < 1.29 is 14.2 Å². The summed E-state index contributed by atoms with van der Waals surface area (Å²) < 4.78 is 16.5. The molecule has 0 N–H and O–H groups in total. The molecule has 1 aromatic rings. The number of halogens is 2. The predicted octanol–water partition coefficient (Wildman–Crippen LogP) is 3.80. The Bertz CT molecular complexity index is 373. The molecule has 0 bridgehead atoms. The molecule has 0 amide bonds. The van der Waals surface area contributed by atoms with Gasteiger partial charge >= 0.3 is 0 Å². The van der Waals surface area contributed by atoms with Crippen LogP contribution in [0.15, 0.2) is 15.5 Å². The highest BCUT2D eigenvalue weighted by molar-refractivity contribution is 9.28. The van der Waals surface area contributed by atoms with E-state index in [0.717, 1.165) is 8.96 Å². The Kier molecular flexibility index (Phi) is 5.15. The average molecular weight is 352 g/mol. The third kappa shape index (κ3) is 3.15. The summed E-state index contributed by atoms with van der Waals surface area (Å²) in [4.78, 5) is 0. The lowest BCUT2D eigenvalue weighted by Gasteiger charge is -2.12. The normalized spacial score (nSPS) is 9.56. The molecule has 0 atom stereocenters. The monoisotopic (exact) mass is 350 g/mol. The van der Waals surface area contributed by atoms with Gasteiger partial charge in [0.15, 0.2) is 11.5 Å². The van der Waals surface area contributed by atoms with Gasteiger partial charge in [0.25, 0.3) is 0 Å². The third-order valence-electron chi connectivity index (χ3n) is 1.96. The van der Waals surface area contributed by atoms with Crippen molar-refractivity contribution in [1.82, 2.24) is 0 Å². The van der Waals surface area contributed by atoms with E-state index in [1.807, 2.05) is 18.2 Å². The second-order valence-electron chi connectivity index (χ2n) is 2.89. The fraction of sp³-hybridized carbons (Fsp3) is 0.273. The molecule has 0 aromatic heterocycles. The van der Waals surface area contributed by atoms with Gasteiger partial charge < -0.3 is 14.2 Å². The molecule has 1 rings (SSSR count). The van der Waals surface area contributed by atoms with Crippen LogP contribution in [-0.4, -0.2) is 21.3 Å². The lowest BCUT2D eigenvalue weighted by Crippen LogP contribution is -1.95. The van der Waals surface area contributed by atoms with Gasteiger partial charge in [-0.25, -0.2) is 0 Å². The van der Waals surface area contributed by atoms with E-state index < -0.39 is 0 Å². The molecule has 0 heterocycles. The van der Waals surface area contributed by atoms with Gasteiger partial charge in [-0.2, -0.15) is 0 Å². The summed E-state index contributed by atoms with van der Waals surface area (Å²) in [7, 11) is 4.76. The van der Waals surface area contributed by atoms with E-state index in [2.05, 4.69) is 31.9 Å². The quantitative estimate of drug-likeness (QED) is 0.825. The zero-order valence-corrected chi connectivity index (χ0v) is 12.4. The van der Waals surface area contributed by atoms with Crippen LogP contribution < -0.4 is 14.2 Å². The van der Waals surface area contributed by atoms with E-state index in [1.54, 1.807) is 21.3 Å². The van der Waals surface area contributed by atoms with Crippen molar-refractivity contribution in [2.24, 2.45) is 0 Å². The zero-order chi connectivity index (χ0) is 12.1. The van der Waals surface area contributed by atoms with E-state index in [9.17, 15) is 0 Å². The molecule has 0 radical (unpaired) electrons. The predicted molar refractivity (Wildman–Crippen MR) is 71.9 cm³/mol. The van der Waals surface area contributed by atoms with Crippen molar-refractivity contribution in [3.8, 4) is 17.2 Å². The summed E-state index contributed by atoms with van der Waals surface area (Å²) in [6, 6.07) is 3.73. The number of hydrogen-bond donors (Lipinski definition) is 0. The van der Waals surface area contributed by atoms with Crippen LogP contribution in [0.25, 0.3) is 6.08 Å². The Morgan fingerprint density at radius 1 is 1.00 bits per heavy atom. The van der Waals surface area contributed by atoms with E-state index in [1.165, 1.54) is 0 Å². The Morgan fingerprint density at radius 3 is 1.81 bits per heavy atom. The van der Waals surface area contributed by atoms with Gasteiger partial charge in [-0.15, -0.1) is 0 Å². The van der Waals surface area contributed by atoms with Crippen molar-refractivity contribution in [1.29, 1.82) is 0 Å². The lowest BCUT2D eigenvalue weighted by atomic mass is 10.2. The number of benzene rings is 1. The smallest absolute Gasteiger partial charge is 0.203 e. The highest BCUT2D eigenvalue weighted by Gasteiger charge is 2.12. The van der Waals surface area contributed by atoms with Crippen molar-refractivity contribution >= 4 is 37.9 Å². The molecule has 0 fully saturated rings. The molecule has 0 aliphatic carbocycles. The largest absolute Gasteiger partial charge is 0.493 e. The van der Waals surface area contributed by atoms with Crippen LogP contribution in [0.5, 0.6) is 17.2 Å². The van der Waals surface area contributed by atoms with Crippen LogP contribution >= 0.6 is 31.9 Å². The topological polar surface area (TPSA) is 27.7 Å². The molecular formula is C11H12Br2O3. The van der Waals surface area contributed by atoms with Crippen LogP contribution in [-0.2, 0) is 0 Å². The fourth-order valence-electron chi connectivity index (χ4n) is 1.31. The van der Waals surface area contributed by atoms with Crippen molar-refractivity contribution in [3.63, 3.8) is 0 Å². The summed E-state index contributed by atoms with van der Waals surface area (Å²) >= 11 is 6.61.